The highest BCUT2D eigenvalue weighted by atomic mass is 19.1. The molecule has 1 aliphatic rings. The van der Waals surface area contributed by atoms with E-state index >= 15 is 0 Å². The van der Waals surface area contributed by atoms with Gasteiger partial charge in [-0.05, 0) is 40.2 Å². The van der Waals surface area contributed by atoms with Gasteiger partial charge in [0.2, 0.25) is 0 Å². The van der Waals surface area contributed by atoms with Gasteiger partial charge in [0.1, 0.15) is 5.73 Å². The van der Waals surface area contributed by atoms with Crippen LogP contribution in [0.4, 0.5) is 4.39 Å². The lowest BCUT2D eigenvalue weighted by atomic mass is 9.84. The van der Waals surface area contributed by atoms with Gasteiger partial charge in [0.25, 0.3) is 0 Å². The number of aromatic nitrogens is 2. The van der Waals surface area contributed by atoms with Gasteiger partial charge in [-0.3, -0.25) is 4.68 Å². The molecule has 2 heterocycles. The second-order valence-corrected chi connectivity index (χ2v) is 6.46. The number of nitriles is 1. The van der Waals surface area contributed by atoms with E-state index in [2.05, 4.69) is 11.2 Å². The molecule has 0 atom stereocenters. The van der Waals surface area contributed by atoms with Crippen molar-refractivity contribution in [1.82, 2.24) is 9.78 Å². The fourth-order valence-electron chi connectivity index (χ4n) is 2.11. The Bertz CT molecular complexity index is 615. The van der Waals surface area contributed by atoms with Gasteiger partial charge in [0, 0.05) is 11.8 Å². The van der Waals surface area contributed by atoms with Crippen molar-refractivity contribution in [2.45, 2.75) is 58.8 Å². The molecule has 0 unspecified atom stereocenters. The molecule has 1 saturated heterocycles. The lowest BCUT2D eigenvalue weighted by Crippen LogP contribution is -2.41. The fourth-order valence-corrected chi connectivity index (χ4v) is 2.11. The molecule has 1 fully saturated rings. The van der Waals surface area contributed by atoms with E-state index in [9.17, 15) is 4.39 Å². The summed E-state index contributed by atoms with van der Waals surface area (Å²) < 4.78 is 27.7. The molecule has 22 heavy (non-hydrogen) atoms. The van der Waals surface area contributed by atoms with Crippen LogP contribution in [0.25, 0.3) is 5.57 Å². The second kappa shape index (κ2) is 5.86. The van der Waals surface area contributed by atoms with Gasteiger partial charge in [-0.15, -0.1) is 0 Å². The molecule has 0 N–H and O–H groups in total. The van der Waals surface area contributed by atoms with Crippen LogP contribution in [0.2, 0.25) is 0 Å². The summed E-state index contributed by atoms with van der Waals surface area (Å²) in [6.45, 7) is 9.70. The molecule has 0 radical (unpaired) electrons. The molecule has 0 saturated carbocycles. The van der Waals surface area contributed by atoms with Crippen LogP contribution in [0.15, 0.2) is 18.1 Å². The Morgan fingerprint density at radius 1 is 1.36 bits per heavy atom. The first-order chi connectivity index (χ1) is 10.2. The zero-order valence-corrected chi connectivity index (χ0v) is 13.7. The van der Waals surface area contributed by atoms with Crippen LogP contribution in [0.5, 0.6) is 0 Å². The minimum Gasteiger partial charge on any atom is -0.398 e. The summed E-state index contributed by atoms with van der Waals surface area (Å²) in [6, 6.07) is 2.05. The SMILES string of the molecule is CC(=C(F)B1OC(C)(C)C(C)(C)O1)c1cnn(CCC#N)c1. The molecular weight excluding hydrogens is 284 g/mol. The first kappa shape index (κ1) is 16.7. The average Bonchev–Trinajstić information content (AvgIpc) is 2.98. The van der Waals surface area contributed by atoms with E-state index in [0.717, 1.165) is 0 Å². The van der Waals surface area contributed by atoms with Gasteiger partial charge in [0.15, 0.2) is 0 Å². The minimum absolute atomic E-state index is 0.365. The third-order valence-electron chi connectivity index (χ3n) is 4.34. The van der Waals surface area contributed by atoms with Crippen LogP contribution < -0.4 is 0 Å². The van der Waals surface area contributed by atoms with Crippen LogP contribution in [0, 0.1) is 11.3 Å². The lowest BCUT2D eigenvalue weighted by Gasteiger charge is -2.32. The van der Waals surface area contributed by atoms with E-state index in [-0.39, 0.29) is 0 Å². The van der Waals surface area contributed by atoms with Gasteiger partial charge >= 0.3 is 7.12 Å². The predicted octanol–water partition coefficient (Wildman–Crippen LogP) is 3.13. The molecular formula is C15H21BFN3O2. The molecule has 5 nitrogen and oxygen atoms in total. The van der Waals surface area contributed by atoms with Gasteiger partial charge in [0.05, 0.1) is 36.4 Å². The molecule has 1 aromatic rings. The number of halogens is 1. The van der Waals surface area contributed by atoms with Crippen molar-refractivity contribution in [3.05, 3.63) is 23.7 Å². The quantitative estimate of drug-likeness (QED) is 0.802. The van der Waals surface area contributed by atoms with Crippen molar-refractivity contribution >= 4 is 12.7 Å². The highest BCUT2D eigenvalue weighted by Crippen LogP contribution is 2.40. The Labute approximate surface area is 130 Å². The highest BCUT2D eigenvalue weighted by molar-refractivity contribution is 6.55. The van der Waals surface area contributed by atoms with Crippen LogP contribution >= 0.6 is 0 Å². The molecule has 0 bridgehead atoms. The molecule has 0 amide bonds. The van der Waals surface area contributed by atoms with Crippen LogP contribution in [0.1, 0.15) is 46.6 Å². The third-order valence-corrected chi connectivity index (χ3v) is 4.34. The van der Waals surface area contributed by atoms with E-state index in [4.69, 9.17) is 14.6 Å². The van der Waals surface area contributed by atoms with E-state index in [0.29, 0.717) is 24.1 Å². The van der Waals surface area contributed by atoms with Crippen LogP contribution in [-0.2, 0) is 15.9 Å². The topological polar surface area (TPSA) is 60.1 Å². The van der Waals surface area contributed by atoms with Crippen LogP contribution in [-0.4, -0.2) is 28.1 Å². The maximum absolute atomic E-state index is 14.7. The summed E-state index contributed by atoms with van der Waals surface area (Å²) in [5.74, 6) is 0. The minimum atomic E-state index is -1.01. The molecule has 1 aromatic heterocycles. The van der Waals surface area contributed by atoms with E-state index in [1.165, 1.54) is 0 Å². The summed E-state index contributed by atoms with van der Waals surface area (Å²) in [4.78, 5) is 0. The Morgan fingerprint density at radius 2 is 1.95 bits per heavy atom. The van der Waals surface area contributed by atoms with E-state index in [1.807, 2.05) is 27.7 Å². The Kier molecular flexibility index (Phi) is 4.45. The zero-order chi connectivity index (χ0) is 16.5. The number of aryl methyl sites for hydroxylation is 1. The average molecular weight is 305 g/mol. The first-order valence-electron chi connectivity index (χ1n) is 7.29. The molecule has 7 heteroatoms. The van der Waals surface area contributed by atoms with Crippen molar-refractivity contribution in [3.8, 4) is 6.07 Å². The number of nitrogens with zero attached hydrogens (tertiary/aromatic N) is 3. The largest absolute Gasteiger partial charge is 0.525 e. The monoisotopic (exact) mass is 305 g/mol. The highest BCUT2D eigenvalue weighted by Gasteiger charge is 2.53. The second-order valence-electron chi connectivity index (χ2n) is 6.46. The van der Waals surface area contributed by atoms with E-state index < -0.39 is 24.0 Å². The molecule has 0 aliphatic carbocycles. The molecule has 1 aliphatic heterocycles. The Morgan fingerprint density at radius 3 is 2.50 bits per heavy atom. The summed E-state index contributed by atoms with van der Waals surface area (Å²) >= 11 is 0. The van der Waals surface area contributed by atoms with Gasteiger partial charge in [-0.25, -0.2) is 4.39 Å². The third kappa shape index (κ3) is 3.08. The van der Waals surface area contributed by atoms with Crippen molar-refractivity contribution in [2.24, 2.45) is 0 Å². The molecule has 0 spiro atoms. The summed E-state index contributed by atoms with van der Waals surface area (Å²) in [5, 5.41) is 12.7. The van der Waals surface area contributed by atoms with Crippen LogP contribution in [0.3, 0.4) is 0 Å². The van der Waals surface area contributed by atoms with Crippen molar-refractivity contribution in [1.29, 1.82) is 5.26 Å². The Balaban J connectivity index is 2.20. The number of rotatable bonds is 4. The van der Waals surface area contributed by atoms with Gasteiger partial charge in [-0.1, -0.05) is 0 Å². The smallest absolute Gasteiger partial charge is 0.398 e. The molecule has 2 rings (SSSR count). The first-order valence-corrected chi connectivity index (χ1v) is 7.29. The lowest BCUT2D eigenvalue weighted by molar-refractivity contribution is 0.00578. The molecule has 0 aromatic carbocycles. The van der Waals surface area contributed by atoms with E-state index in [1.54, 1.807) is 24.0 Å². The number of hydrogen-bond acceptors (Lipinski definition) is 4. The maximum atomic E-state index is 14.7. The zero-order valence-electron chi connectivity index (χ0n) is 13.7. The van der Waals surface area contributed by atoms with Gasteiger partial charge < -0.3 is 9.31 Å². The predicted molar refractivity (Wildman–Crippen MR) is 82.2 cm³/mol. The number of allylic oxidation sites excluding steroid dienone is 1. The fraction of sp³-hybridized carbons (Fsp3) is 0.600. The van der Waals surface area contributed by atoms with Crippen molar-refractivity contribution in [3.63, 3.8) is 0 Å². The van der Waals surface area contributed by atoms with Gasteiger partial charge in [-0.2, -0.15) is 10.4 Å². The molecule has 118 valence electrons. The number of hydrogen-bond donors (Lipinski definition) is 0. The maximum Gasteiger partial charge on any atom is 0.525 e. The standard InChI is InChI=1S/C15H21BFN3O2/c1-11(12-9-19-20(10-12)8-6-7-18)13(17)16-21-14(2,3)15(4,5)22-16/h9-10H,6,8H2,1-5H3. The normalized spacial score (nSPS) is 20.7. The van der Waals surface area contributed by atoms with Crippen molar-refractivity contribution < 1.29 is 13.7 Å². The summed E-state index contributed by atoms with van der Waals surface area (Å²) in [5.41, 5.74) is -0.510. The Hall–Kier alpha value is -1.65. The summed E-state index contributed by atoms with van der Waals surface area (Å²) in [6.07, 6.45) is 3.67. The summed E-state index contributed by atoms with van der Waals surface area (Å²) in [7, 11) is -1.01. The van der Waals surface area contributed by atoms with Crippen molar-refractivity contribution in [2.75, 3.05) is 0 Å².